The Morgan fingerprint density at radius 1 is 0.871 bits per heavy atom. The van der Waals surface area contributed by atoms with Crippen molar-refractivity contribution in [3.05, 3.63) is 103 Å². The van der Waals surface area contributed by atoms with Crippen molar-refractivity contribution in [1.82, 2.24) is 36.8 Å². The Morgan fingerprint density at radius 3 is 2.19 bits per heavy atom. The zero-order valence-corrected chi connectivity index (χ0v) is 35.5. The molecule has 0 bridgehead atoms. The second-order valence-corrected chi connectivity index (χ2v) is 15.1. The number of benzene rings is 1. The monoisotopic (exact) mass is 894 g/mol. The minimum Gasteiger partial charge on any atom is -0.370 e. The summed E-state index contributed by atoms with van der Waals surface area (Å²) >= 11 is 0. The summed E-state index contributed by atoms with van der Waals surface area (Å²) in [5.41, 5.74) is 31.4. The number of aromatic nitrogens is 1. The SMILES string of the molecule is CC[C@H](C)[C@H](NC(=O)[C@H](CC(N)=O)NC(=O)[C@@H](N)CC(N)=O)C(=O)N1CC(C2=CN(c3ccc[cH-]3)NN2)C[C@H]1C(=O)N[C@@H](Cc1c[nH]c2ccccc12)C(N)=O.[Fe+2].c1cc[cH-]c1. The van der Waals surface area contributed by atoms with E-state index >= 15 is 0 Å². The zero-order valence-electron chi connectivity index (χ0n) is 34.4. The third-order valence-corrected chi connectivity index (χ3v) is 10.7. The molecule has 0 aliphatic carbocycles. The second kappa shape index (κ2) is 22.4. The van der Waals surface area contributed by atoms with Crippen LogP contribution in [0, 0.1) is 11.8 Å². The predicted molar refractivity (Wildman–Crippen MR) is 227 cm³/mol. The maximum Gasteiger partial charge on any atom is 2.00 e. The largest absolute Gasteiger partial charge is 2.00 e. The summed E-state index contributed by atoms with van der Waals surface area (Å²) in [6, 6.07) is 18.6. The van der Waals surface area contributed by atoms with Gasteiger partial charge in [0.1, 0.15) is 24.2 Å². The summed E-state index contributed by atoms with van der Waals surface area (Å²) in [5, 5.41) is 10.4. The topological polar surface area (TPSA) is 306 Å². The maximum absolute atomic E-state index is 14.6. The van der Waals surface area contributed by atoms with Crippen LogP contribution in [0.5, 0.6) is 0 Å². The molecule has 2 aliphatic rings. The molecule has 7 amide bonds. The minimum absolute atomic E-state index is 0. The molecule has 3 heterocycles. The van der Waals surface area contributed by atoms with Crippen LogP contribution in [-0.4, -0.2) is 88.0 Å². The van der Waals surface area contributed by atoms with Gasteiger partial charge < -0.3 is 54.2 Å². The van der Waals surface area contributed by atoms with E-state index in [1.54, 1.807) is 25.1 Å². The van der Waals surface area contributed by atoms with Gasteiger partial charge in [0.2, 0.25) is 41.4 Å². The van der Waals surface area contributed by atoms with Crippen LogP contribution in [0.2, 0.25) is 0 Å². The number of primary amides is 3. The fourth-order valence-corrected chi connectivity index (χ4v) is 7.20. The number of nitrogens with zero attached hydrogens (tertiary/aromatic N) is 2. The van der Waals surface area contributed by atoms with Crippen molar-refractivity contribution in [2.45, 2.75) is 76.2 Å². The van der Waals surface area contributed by atoms with Crippen LogP contribution in [0.25, 0.3) is 10.9 Å². The summed E-state index contributed by atoms with van der Waals surface area (Å²) in [6.07, 6.45) is 3.04. The molecule has 332 valence electrons. The van der Waals surface area contributed by atoms with E-state index in [9.17, 15) is 33.6 Å². The molecule has 6 rings (SSSR count). The molecule has 3 aromatic carbocycles. The average Bonchev–Trinajstić information content (AvgIpc) is 4.08. The first-order valence-electron chi connectivity index (χ1n) is 20.0. The third kappa shape index (κ3) is 12.5. The normalized spacial score (nSPS) is 18.0. The van der Waals surface area contributed by atoms with Gasteiger partial charge >= 0.3 is 17.1 Å². The number of nitrogens with one attached hydrogen (secondary N) is 6. The quantitative estimate of drug-likeness (QED) is 0.0448. The molecule has 1 fully saturated rings. The number of hydrazine groups is 2. The number of aromatic amines is 1. The summed E-state index contributed by atoms with van der Waals surface area (Å²) in [5.74, 6) is -6.55. The maximum atomic E-state index is 14.6. The molecule has 1 aromatic heterocycles. The molecule has 14 N–H and O–H groups in total. The van der Waals surface area contributed by atoms with Gasteiger partial charge in [0.15, 0.2) is 0 Å². The molecule has 0 spiro atoms. The van der Waals surface area contributed by atoms with Gasteiger partial charge in [-0.25, -0.2) is 18.2 Å². The Kier molecular flexibility index (Phi) is 17.4. The first-order valence-corrected chi connectivity index (χ1v) is 20.0. The van der Waals surface area contributed by atoms with E-state index in [0.717, 1.165) is 22.2 Å². The minimum atomic E-state index is -1.55. The number of anilines is 1. The number of fused-ring (bicyclic) bond motifs is 1. The van der Waals surface area contributed by atoms with E-state index in [2.05, 4.69) is 31.9 Å². The fourth-order valence-electron chi connectivity index (χ4n) is 7.20. The summed E-state index contributed by atoms with van der Waals surface area (Å²) in [6.45, 7) is 3.57. The smallest absolute Gasteiger partial charge is 0.370 e. The molecule has 62 heavy (non-hydrogen) atoms. The van der Waals surface area contributed by atoms with Gasteiger partial charge in [-0.1, -0.05) is 44.2 Å². The Labute approximate surface area is 369 Å². The molecule has 4 aromatic rings. The second-order valence-electron chi connectivity index (χ2n) is 15.1. The van der Waals surface area contributed by atoms with Crippen LogP contribution >= 0.6 is 0 Å². The molecule has 0 saturated carbocycles. The summed E-state index contributed by atoms with van der Waals surface area (Å²) < 4.78 is 0. The Hall–Kier alpha value is -6.47. The van der Waals surface area contributed by atoms with Gasteiger partial charge in [0.05, 0.1) is 24.6 Å². The molecular formula is C42H54FeN12O7. The standard InChI is InChI=1S/C37H49N12O7.C5H5.Fe/c1-3-19(2)32(45-35(54)27(15-31(40)51)44-34(53)24(38)14-30(39)50)37(56)48-17-21(28-18-49(47-46-28)22-8-4-5-9-22)13-29(48)36(55)43-26(33(41)52)12-20-16-42-25-11-7-6-10-23(20)25;1-2-4-5-3-1;/h4-11,16,18-19,21,24,26-27,29,32,42,46-47H,3,12-15,17,38H2,1-2H3,(H2,39,50)(H2,40,51)(H2,41,52)(H,43,55)(H,44,53)(H,45,54);1-5H;/q2*-1;+2/t19-,21?,24-,26-,27-,29-,32-;;/m0../s1. The van der Waals surface area contributed by atoms with Crippen molar-refractivity contribution in [3.8, 4) is 0 Å². The first kappa shape index (κ1) is 48.2. The van der Waals surface area contributed by atoms with E-state index in [0.29, 0.717) is 12.1 Å². The summed E-state index contributed by atoms with van der Waals surface area (Å²) in [4.78, 5) is 95.9. The number of para-hydroxylation sites is 1. The van der Waals surface area contributed by atoms with E-state index in [1.165, 1.54) is 4.90 Å². The number of carbonyl (C=O) groups excluding carboxylic acids is 7. The number of hydrogen-bond donors (Lipinski definition) is 10. The molecular weight excluding hydrogens is 840 g/mol. The number of rotatable bonds is 18. The number of nitrogens with two attached hydrogens (primary N) is 4. The van der Waals surface area contributed by atoms with Crippen molar-refractivity contribution in [2.24, 2.45) is 34.8 Å². The van der Waals surface area contributed by atoms with Crippen LogP contribution in [0.1, 0.15) is 45.1 Å². The predicted octanol–water partition coefficient (Wildman–Crippen LogP) is -0.516. The van der Waals surface area contributed by atoms with E-state index in [4.69, 9.17) is 22.9 Å². The van der Waals surface area contributed by atoms with E-state index in [1.807, 2.05) is 85.1 Å². The molecule has 1 saturated heterocycles. The molecule has 0 radical (unpaired) electrons. The van der Waals surface area contributed by atoms with Gasteiger partial charge in [0.25, 0.3) is 0 Å². The van der Waals surface area contributed by atoms with E-state index in [-0.39, 0.29) is 36.5 Å². The van der Waals surface area contributed by atoms with Crippen molar-refractivity contribution in [2.75, 3.05) is 11.6 Å². The van der Waals surface area contributed by atoms with Crippen LogP contribution < -0.4 is 54.9 Å². The van der Waals surface area contributed by atoms with E-state index < -0.39 is 96.2 Å². The van der Waals surface area contributed by atoms with Crippen molar-refractivity contribution in [3.63, 3.8) is 0 Å². The van der Waals surface area contributed by atoms with Crippen LogP contribution in [-0.2, 0) is 57.1 Å². The number of hydrogen-bond acceptors (Lipinski definition) is 11. The van der Waals surface area contributed by atoms with Gasteiger partial charge in [-0.05, 0) is 24.0 Å². The number of H-pyrrole nitrogens is 1. The zero-order chi connectivity index (χ0) is 44.2. The molecule has 2 aliphatic heterocycles. The number of carbonyl (C=O) groups is 7. The third-order valence-electron chi connectivity index (χ3n) is 10.7. The van der Waals surface area contributed by atoms with Crippen molar-refractivity contribution >= 4 is 57.9 Å². The van der Waals surface area contributed by atoms with Gasteiger partial charge in [0, 0.05) is 42.2 Å². The van der Waals surface area contributed by atoms with Crippen LogP contribution in [0.15, 0.2) is 97.0 Å². The number of likely N-dealkylation sites (tertiary alicyclic amines) is 1. The fraction of sp³-hybridized carbons (Fsp3) is 0.357. The molecule has 20 heteroatoms. The van der Waals surface area contributed by atoms with Gasteiger partial charge in [-0.2, -0.15) is 30.3 Å². The van der Waals surface area contributed by atoms with Crippen molar-refractivity contribution < 1.29 is 50.6 Å². The van der Waals surface area contributed by atoms with Crippen LogP contribution in [0.3, 0.4) is 0 Å². The number of amides is 7. The Morgan fingerprint density at radius 2 is 1.58 bits per heavy atom. The average molecular weight is 895 g/mol. The first-order chi connectivity index (χ1) is 29.2. The molecule has 7 atom stereocenters. The van der Waals surface area contributed by atoms with Gasteiger partial charge in [-0.3, -0.25) is 38.6 Å². The van der Waals surface area contributed by atoms with Crippen LogP contribution in [0.4, 0.5) is 5.69 Å². The molecule has 19 nitrogen and oxygen atoms in total. The Bertz CT molecular complexity index is 2170. The van der Waals surface area contributed by atoms with Crippen molar-refractivity contribution in [1.29, 1.82) is 0 Å². The summed E-state index contributed by atoms with van der Waals surface area (Å²) in [7, 11) is 0. The van der Waals surface area contributed by atoms with Gasteiger partial charge in [-0.15, -0.1) is 11.6 Å². The molecule has 1 unspecified atom stereocenters. The Balaban J connectivity index is 0.00000131.